The van der Waals surface area contributed by atoms with Crippen LogP contribution in [0.1, 0.15) is 5.56 Å². The molecule has 0 aliphatic carbocycles. The number of hydrogen-bond donors (Lipinski definition) is 1. The quantitative estimate of drug-likeness (QED) is 0.127. The van der Waals surface area contributed by atoms with Crippen molar-refractivity contribution in [1.29, 1.82) is 0 Å². The van der Waals surface area contributed by atoms with Crippen LogP contribution in [0, 0.1) is 10.1 Å². The van der Waals surface area contributed by atoms with Crippen LogP contribution >= 0.6 is 0 Å². The zero-order valence-electron chi connectivity index (χ0n) is 11.0. The van der Waals surface area contributed by atoms with E-state index in [0.717, 1.165) is 26.4 Å². The van der Waals surface area contributed by atoms with Crippen LogP contribution in [0.2, 0.25) is 0 Å². The van der Waals surface area contributed by atoms with Gasteiger partial charge in [0.25, 0.3) is 5.69 Å². The maximum absolute atomic E-state index is 11.5. The van der Waals surface area contributed by atoms with E-state index in [4.69, 9.17) is 0 Å². The normalized spacial score (nSPS) is 9.05. The molecule has 0 aliphatic heterocycles. The average Bonchev–Trinajstić information content (AvgIpc) is 2.46. The summed E-state index contributed by atoms with van der Waals surface area (Å²) in [6.07, 6.45) is 0. The molecule has 21 heavy (non-hydrogen) atoms. The van der Waals surface area contributed by atoms with Crippen molar-refractivity contribution in [1.82, 2.24) is 0 Å². The van der Waals surface area contributed by atoms with Gasteiger partial charge in [0, 0.05) is 34.8 Å². The van der Waals surface area contributed by atoms with Crippen LogP contribution in [0.3, 0.4) is 0 Å². The first kappa shape index (κ1) is 18.6. The number of carbonyl (C=O) groups excluding carboxylic acids is 2. The number of carbonyl (C=O) groups is 2. The number of rotatable bonds is 4. The van der Waals surface area contributed by atoms with Gasteiger partial charge in [-0.15, -0.1) is 0 Å². The smallest absolute Gasteiger partial charge is 0.349 e. The van der Waals surface area contributed by atoms with Crippen molar-refractivity contribution in [2.75, 3.05) is 14.2 Å². The number of methoxy groups -OCH3 is 2. The van der Waals surface area contributed by atoms with Crippen molar-refractivity contribution in [2.24, 2.45) is 0 Å². The Morgan fingerprint density at radius 1 is 1.10 bits per heavy atom. The predicted molar refractivity (Wildman–Crippen MR) is 66.7 cm³/mol. The molecule has 0 atom stereocenters. The first-order valence-electron chi connectivity index (χ1n) is 5.27. The van der Waals surface area contributed by atoms with E-state index < -0.39 is 28.2 Å². The van der Waals surface area contributed by atoms with Crippen LogP contribution in [-0.2, 0) is 36.1 Å². The number of esters is 2. The third-order valence-electron chi connectivity index (χ3n) is 2.37. The van der Waals surface area contributed by atoms with Crippen LogP contribution < -0.4 is 0 Å². The van der Waals surface area contributed by atoms with E-state index in [2.05, 4.69) is 9.47 Å². The Morgan fingerprint density at radius 2 is 1.52 bits per heavy atom. The van der Waals surface area contributed by atoms with Gasteiger partial charge in [-0.25, -0.2) is 9.59 Å². The summed E-state index contributed by atoms with van der Waals surface area (Å²) in [4.78, 5) is 32.8. The molecule has 0 fully saturated rings. The Bertz CT molecular complexity index is 562. The van der Waals surface area contributed by atoms with E-state index in [1.807, 2.05) is 0 Å². The molecule has 0 aromatic heterocycles. The molecule has 0 amide bonds. The number of ether oxygens (including phenoxy) is 2. The minimum atomic E-state index is -1.08. The number of non-ortho nitro benzene ring substituents is 1. The Balaban J connectivity index is 0.00000400. The van der Waals surface area contributed by atoms with Crippen LogP contribution in [0.4, 0.5) is 5.69 Å². The molecule has 0 saturated heterocycles. The van der Waals surface area contributed by atoms with Gasteiger partial charge in [0.2, 0.25) is 0 Å². The number of aliphatic hydroxyl groups excluding tert-OH is 1. The van der Waals surface area contributed by atoms with Crippen LogP contribution in [0.15, 0.2) is 29.8 Å². The summed E-state index contributed by atoms with van der Waals surface area (Å²) < 4.78 is 8.75. The zero-order chi connectivity index (χ0) is 15.3. The number of nitro groups is 1. The Morgan fingerprint density at radius 3 is 1.86 bits per heavy atom. The summed E-state index contributed by atoms with van der Waals surface area (Å²) in [5.74, 6) is -2.83. The van der Waals surface area contributed by atoms with Crippen LogP contribution in [0.5, 0.6) is 0 Å². The molecule has 1 rings (SSSR count). The molecule has 9 heteroatoms. The fourth-order valence-corrected chi connectivity index (χ4v) is 1.37. The largest absolute Gasteiger partial charge is 0.506 e. The summed E-state index contributed by atoms with van der Waals surface area (Å²) in [5, 5.41) is 20.4. The first-order chi connectivity index (χ1) is 9.42. The van der Waals surface area contributed by atoms with E-state index in [9.17, 15) is 24.8 Å². The molecule has 0 heterocycles. The summed E-state index contributed by atoms with van der Waals surface area (Å²) in [6.45, 7) is 0. The topological polar surface area (TPSA) is 116 Å². The van der Waals surface area contributed by atoms with Gasteiger partial charge in [0.05, 0.1) is 19.1 Å². The summed E-state index contributed by atoms with van der Waals surface area (Å²) in [7, 11) is 2.07. The third-order valence-corrected chi connectivity index (χ3v) is 2.37. The number of benzene rings is 1. The van der Waals surface area contributed by atoms with E-state index in [1.54, 1.807) is 0 Å². The number of nitro benzene ring substituents is 1. The van der Waals surface area contributed by atoms with Crippen molar-refractivity contribution in [3.8, 4) is 0 Å². The van der Waals surface area contributed by atoms with Crippen molar-refractivity contribution < 1.29 is 46.2 Å². The van der Waals surface area contributed by atoms with Crippen LogP contribution in [0.25, 0.3) is 5.76 Å². The van der Waals surface area contributed by atoms with E-state index in [0.29, 0.717) is 0 Å². The molecule has 1 aromatic rings. The number of hydrogen-bond acceptors (Lipinski definition) is 7. The predicted octanol–water partition coefficient (Wildman–Crippen LogP) is 1.21. The van der Waals surface area contributed by atoms with Crippen molar-refractivity contribution in [3.63, 3.8) is 0 Å². The maximum atomic E-state index is 11.5. The van der Waals surface area contributed by atoms with Gasteiger partial charge in [-0.1, -0.05) is 0 Å². The molecule has 0 spiro atoms. The molecule has 117 valence electrons. The molecular formula is C12H11CuNO7. The van der Waals surface area contributed by atoms with Crippen molar-refractivity contribution >= 4 is 23.4 Å². The summed E-state index contributed by atoms with van der Waals surface area (Å²) in [5.41, 5.74) is -0.843. The van der Waals surface area contributed by atoms with Gasteiger partial charge < -0.3 is 14.6 Å². The second-order valence-corrected chi connectivity index (χ2v) is 3.51. The second kappa shape index (κ2) is 8.03. The molecule has 0 unspecified atom stereocenters. The van der Waals surface area contributed by atoms with E-state index in [1.165, 1.54) is 12.1 Å². The molecule has 1 radical (unpaired) electrons. The van der Waals surface area contributed by atoms with E-state index >= 15 is 0 Å². The molecule has 0 bridgehead atoms. The third kappa shape index (κ3) is 4.30. The molecule has 0 saturated carbocycles. The zero-order valence-corrected chi connectivity index (χ0v) is 11.9. The number of aliphatic hydroxyl groups is 1. The van der Waals surface area contributed by atoms with Crippen LogP contribution in [-0.4, -0.2) is 36.2 Å². The molecular weight excluding hydrogens is 334 g/mol. The summed E-state index contributed by atoms with van der Waals surface area (Å²) >= 11 is 0. The fraction of sp³-hybridized carbons (Fsp3) is 0.167. The monoisotopic (exact) mass is 344 g/mol. The van der Waals surface area contributed by atoms with E-state index in [-0.39, 0.29) is 28.3 Å². The summed E-state index contributed by atoms with van der Waals surface area (Å²) in [6, 6.07) is 4.63. The van der Waals surface area contributed by atoms with Gasteiger partial charge in [0.15, 0.2) is 5.57 Å². The fourth-order valence-electron chi connectivity index (χ4n) is 1.37. The van der Waals surface area contributed by atoms with Gasteiger partial charge in [-0.05, 0) is 12.1 Å². The van der Waals surface area contributed by atoms with Crippen molar-refractivity contribution in [2.45, 2.75) is 0 Å². The Labute approximate surface area is 130 Å². The standard InChI is InChI=1S/C12H11NO7.Cu/c1-19-11(15)9(12(16)20-2)10(14)7-3-5-8(6-4-7)13(17)18;/h3-6,14H,1-2H3;. The maximum Gasteiger partial charge on any atom is 0.349 e. The molecule has 1 N–H and O–H groups in total. The molecule has 8 nitrogen and oxygen atoms in total. The first-order valence-corrected chi connectivity index (χ1v) is 5.27. The SMILES string of the molecule is COC(=O)C(C(=O)OC)=C(O)c1ccc([N+](=O)[O-])cc1.[Cu]. The van der Waals surface area contributed by atoms with Gasteiger partial charge >= 0.3 is 11.9 Å². The molecule has 0 aliphatic rings. The molecule has 1 aromatic carbocycles. The van der Waals surface area contributed by atoms with Gasteiger partial charge in [-0.2, -0.15) is 0 Å². The van der Waals surface area contributed by atoms with Gasteiger partial charge in [-0.3, -0.25) is 10.1 Å². The minimum absolute atomic E-state index is 0. The van der Waals surface area contributed by atoms with Crippen molar-refractivity contribution in [3.05, 3.63) is 45.5 Å². The number of nitrogens with zero attached hydrogens (tertiary/aromatic N) is 1. The second-order valence-electron chi connectivity index (χ2n) is 3.51. The average molecular weight is 345 g/mol. The van der Waals surface area contributed by atoms with Gasteiger partial charge in [0.1, 0.15) is 5.76 Å². The minimum Gasteiger partial charge on any atom is -0.506 e. The Kier molecular flexibility index (Phi) is 7.12. The Hall–Kier alpha value is -2.38.